The summed E-state index contributed by atoms with van der Waals surface area (Å²) in [5.41, 5.74) is 2.75. The van der Waals surface area contributed by atoms with Crippen LogP contribution in [0.2, 0.25) is 0 Å². The van der Waals surface area contributed by atoms with Crippen LogP contribution in [0.3, 0.4) is 0 Å². The van der Waals surface area contributed by atoms with E-state index in [1.165, 1.54) is 15.3 Å². The molecule has 0 bridgehead atoms. The Morgan fingerprint density at radius 3 is 2.62 bits per heavy atom. The molecule has 1 unspecified atom stereocenters. The van der Waals surface area contributed by atoms with Crippen LogP contribution in [0, 0.1) is 6.92 Å². The first-order valence-corrected chi connectivity index (χ1v) is 7.94. The van der Waals surface area contributed by atoms with Crippen molar-refractivity contribution >= 4 is 22.9 Å². The molecule has 110 valence electrons. The highest BCUT2D eigenvalue weighted by atomic mass is 32.1. The average Bonchev–Trinajstić information content (AvgIpc) is 2.95. The zero-order valence-electron chi connectivity index (χ0n) is 12.8. The highest BCUT2D eigenvalue weighted by molar-refractivity contribution is 7.12. The third-order valence-electron chi connectivity index (χ3n) is 4.20. The second kappa shape index (κ2) is 4.97. The van der Waals surface area contributed by atoms with Gasteiger partial charge < -0.3 is 10.6 Å². The van der Waals surface area contributed by atoms with Crippen LogP contribution in [0.15, 0.2) is 30.3 Å². The van der Waals surface area contributed by atoms with E-state index in [1.807, 2.05) is 27.0 Å². The number of thiophene rings is 1. The molecule has 0 saturated carbocycles. The fraction of sp³-hybridized carbons (Fsp3) is 0.353. The van der Waals surface area contributed by atoms with Gasteiger partial charge in [-0.05, 0) is 57.1 Å². The van der Waals surface area contributed by atoms with E-state index in [0.717, 1.165) is 11.3 Å². The van der Waals surface area contributed by atoms with Gasteiger partial charge in [0, 0.05) is 15.4 Å². The van der Waals surface area contributed by atoms with Crippen molar-refractivity contribution in [3.63, 3.8) is 0 Å². The summed E-state index contributed by atoms with van der Waals surface area (Å²) >= 11 is 1.80. The molecule has 2 aromatic rings. The van der Waals surface area contributed by atoms with Gasteiger partial charge in [0.1, 0.15) is 0 Å². The van der Waals surface area contributed by atoms with Gasteiger partial charge in [0.15, 0.2) is 0 Å². The van der Waals surface area contributed by atoms with Gasteiger partial charge in [-0.25, -0.2) is 0 Å². The Bertz CT molecular complexity index is 703. The lowest BCUT2D eigenvalue weighted by molar-refractivity contribution is -0.119. The topological polar surface area (TPSA) is 41.1 Å². The molecule has 0 radical (unpaired) electrons. The Hall–Kier alpha value is -1.65. The van der Waals surface area contributed by atoms with Crippen molar-refractivity contribution < 1.29 is 4.79 Å². The van der Waals surface area contributed by atoms with Gasteiger partial charge in [-0.3, -0.25) is 4.79 Å². The summed E-state index contributed by atoms with van der Waals surface area (Å²) in [5.74, 6) is 0.0719. The second-order valence-electron chi connectivity index (χ2n) is 6.05. The Balaban J connectivity index is 2.04. The minimum atomic E-state index is -0.463. The standard InChI is InChI=1S/C17H20N2OS/c1-10-5-8-14(21-10)15(18-4)11-6-7-13-12(9-11)17(2,3)16(20)19-13/h5-9,15,18H,1-4H3,(H,19,20). The van der Waals surface area contributed by atoms with E-state index in [2.05, 4.69) is 41.8 Å². The molecular weight excluding hydrogens is 280 g/mol. The first-order valence-electron chi connectivity index (χ1n) is 7.13. The molecular formula is C17H20N2OS. The number of fused-ring (bicyclic) bond motifs is 1. The fourth-order valence-electron chi connectivity index (χ4n) is 2.85. The number of nitrogens with one attached hydrogen (secondary N) is 2. The van der Waals surface area contributed by atoms with Crippen LogP contribution in [0.4, 0.5) is 5.69 Å². The molecule has 0 saturated heterocycles. The van der Waals surface area contributed by atoms with Crippen molar-refractivity contribution in [3.8, 4) is 0 Å². The number of amides is 1. The van der Waals surface area contributed by atoms with Crippen molar-refractivity contribution in [2.45, 2.75) is 32.2 Å². The molecule has 1 atom stereocenters. The Labute approximate surface area is 129 Å². The number of aryl methyl sites for hydroxylation is 1. The minimum Gasteiger partial charge on any atom is -0.325 e. The maximum absolute atomic E-state index is 12.1. The van der Waals surface area contributed by atoms with Crippen LogP contribution in [0.1, 0.15) is 40.8 Å². The lowest BCUT2D eigenvalue weighted by atomic mass is 9.84. The third-order valence-corrected chi connectivity index (χ3v) is 5.27. The van der Waals surface area contributed by atoms with Crippen molar-refractivity contribution in [2.24, 2.45) is 0 Å². The van der Waals surface area contributed by atoms with Crippen LogP contribution >= 0.6 is 11.3 Å². The second-order valence-corrected chi connectivity index (χ2v) is 7.37. The maximum Gasteiger partial charge on any atom is 0.234 e. The molecule has 2 N–H and O–H groups in total. The molecule has 0 fully saturated rings. The van der Waals surface area contributed by atoms with Crippen LogP contribution in [-0.4, -0.2) is 13.0 Å². The molecule has 2 heterocycles. The maximum atomic E-state index is 12.1. The van der Waals surface area contributed by atoms with E-state index in [4.69, 9.17) is 0 Å². The molecule has 1 aromatic heterocycles. The smallest absolute Gasteiger partial charge is 0.234 e. The summed E-state index contributed by atoms with van der Waals surface area (Å²) in [6, 6.07) is 10.7. The minimum absolute atomic E-state index is 0.0719. The van der Waals surface area contributed by atoms with Gasteiger partial charge in [-0.1, -0.05) is 12.1 Å². The van der Waals surface area contributed by atoms with Crippen LogP contribution in [-0.2, 0) is 10.2 Å². The highest BCUT2D eigenvalue weighted by Gasteiger charge is 2.38. The van der Waals surface area contributed by atoms with Crippen LogP contribution in [0.5, 0.6) is 0 Å². The molecule has 21 heavy (non-hydrogen) atoms. The summed E-state index contributed by atoms with van der Waals surface area (Å²) in [5, 5.41) is 6.34. The highest BCUT2D eigenvalue weighted by Crippen LogP contribution is 2.39. The summed E-state index contributed by atoms with van der Waals surface area (Å²) in [4.78, 5) is 14.7. The van der Waals surface area contributed by atoms with Gasteiger partial charge in [0.25, 0.3) is 0 Å². The summed E-state index contributed by atoms with van der Waals surface area (Å²) in [7, 11) is 1.97. The predicted octanol–water partition coefficient (Wildman–Crippen LogP) is 3.60. The molecule has 0 spiro atoms. The summed E-state index contributed by atoms with van der Waals surface area (Å²) in [6.45, 7) is 6.07. The monoisotopic (exact) mass is 300 g/mol. The summed E-state index contributed by atoms with van der Waals surface area (Å²) < 4.78 is 0. The van der Waals surface area contributed by atoms with E-state index in [-0.39, 0.29) is 11.9 Å². The predicted molar refractivity (Wildman–Crippen MR) is 88.1 cm³/mol. The third kappa shape index (κ3) is 2.28. The Morgan fingerprint density at radius 1 is 1.24 bits per heavy atom. The lowest BCUT2D eigenvalue weighted by Crippen LogP contribution is -2.27. The van der Waals surface area contributed by atoms with Crippen molar-refractivity contribution in [1.29, 1.82) is 0 Å². The molecule has 3 nitrogen and oxygen atoms in total. The van der Waals surface area contributed by atoms with Gasteiger partial charge in [0.05, 0.1) is 11.5 Å². The largest absolute Gasteiger partial charge is 0.325 e. The Kier molecular flexibility index (Phi) is 3.38. The van der Waals surface area contributed by atoms with Crippen molar-refractivity contribution in [1.82, 2.24) is 5.32 Å². The number of anilines is 1. The van der Waals surface area contributed by atoms with Gasteiger partial charge in [0.2, 0.25) is 5.91 Å². The SMILES string of the molecule is CNC(c1ccc2c(c1)C(C)(C)C(=O)N2)c1ccc(C)s1. The molecule has 1 aliphatic heterocycles. The van der Waals surface area contributed by atoms with Gasteiger partial charge >= 0.3 is 0 Å². The van der Waals surface area contributed by atoms with Gasteiger partial charge in [-0.2, -0.15) is 0 Å². The number of carbonyl (C=O) groups excluding carboxylic acids is 1. The first-order chi connectivity index (χ1) is 9.93. The quantitative estimate of drug-likeness (QED) is 0.909. The molecule has 4 heteroatoms. The van der Waals surface area contributed by atoms with Crippen molar-refractivity contribution in [2.75, 3.05) is 12.4 Å². The number of hydrogen-bond acceptors (Lipinski definition) is 3. The van der Waals surface area contributed by atoms with E-state index in [9.17, 15) is 4.79 Å². The number of benzene rings is 1. The number of hydrogen-bond donors (Lipinski definition) is 2. The molecule has 0 aliphatic carbocycles. The van der Waals surface area contributed by atoms with E-state index in [1.54, 1.807) is 11.3 Å². The average molecular weight is 300 g/mol. The van der Waals surface area contributed by atoms with E-state index < -0.39 is 5.41 Å². The lowest BCUT2D eigenvalue weighted by Gasteiger charge is -2.19. The molecule has 1 aliphatic rings. The Morgan fingerprint density at radius 2 is 2.00 bits per heavy atom. The molecule has 1 amide bonds. The van der Waals surface area contributed by atoms with Crippen LogP contribution in [0.25, 0.3) is 0 Å². The van der Waals surface area contributed by atoms with E-state index >= 15 is 0 Å². The van der Waals surface area contributed by atoms with E-state index in [0.29, 0.717) is 0 Å². The number of rotatable bonds is 3. The zero-order valence-corrected chi connectivity index (χ0v) is 13.6. The van der Waals surface area contributed by atoms with Crippen LogP contribution < -0.4 is 10.6 Å². The summed E-state index contributed by atoms with van der Waals surface area (Å²) in [6.07, 6.45) is 0. The normalized spacial score (nSPS) is 17.4. The fourth-order valence-corrected chi connectivity index (χ4v) is 3.87. The first kappa shape index (κ1) is 14.3. The number of carbonyl (C=O) groups is 1. The molecule has 1 aromatic carbocycles. The van der Waals surface area contributed by atoms with Crippen molar-refractivity contribution in [3.05, 3.63) is 51.2 Å². The molecule has 3 rings (SSSR count). The zero-order chi connectivity index (χ0) is 15.2. The van der Waals surface area contributed by atoms with Gasteiger partial charge in [-0.15, -0.1) is 11.3 Å².